The Kier molecular flexibility index (Phi) is 7.82. The van der Waals surface area contributed by atoms with Gasteiger partial charge in [-0.1, -0.05) is 53.0 Å². The Hall–Kier alpha value is -1.76. The molecule has 2 saturated carbocycles. The zero-order chi connectivity index (χ0) is 26.2. The standard InChI is InChI=1S/C31H44N2O3S/c1-30(2,3)22-17-21(18-23(19-22)31(4)13-14-31)27-25(26(35-5)20-9-7-6-8-10-20)33-29(37-27)28(34)32-24-11-15-36-16-12-24/h17-20,24,26H,6-16H2,1-5H3,(H,32,34). The van der Waals surface area contributed by atoms with Crippen LogP contribution in [0.1, 0.15) is 118 Å². The van der Waals surface area contributed by atoms with Crippen molar-refractivity contribution in [3.63, 3.8) is 0 Å². The summed E-state index contributed by atoms with van der Waals surface area (Å²) in [7, 11) is 1.81. The molecule has 2 heterocycles. The number of benzene rings is 1. The highest BCUT2D eigenvalue weighted by molar-refractivity contribution is 7.17. The van der Waals surface area contributed by atoms with Gasteiger partial charge < -0.3 is 14.8 Å². The molecule has 1 saturated heterocycles. The van der Waals surface area contributed by atoms with Crippen molar-refractivity contribution in [1.82, 2.24) is 10.3 Å². The third-order valence-corrected chi connectivity index (χ3v) is 9.88. The number of rotatable bonds is 7. The molecule has 3 aliphatic rings. The fourth-order valence-electron chi connectivity index (χ4n) is 5.90. The SMILES string of the molecule is COC(c1nc(C(=O)NC2CCOCC2)sc1-c1cc(C(C)(C)C)cc(C2(C)CC2)c1)C1CCCCC1. The Morgan fingerprint density at radius 1 is 1.11 bits per heavy atom. The van der Waals surface area contributed by atoms with Gasteiger partial charge in [0, 0.05) is 26.4 Å². The molecule has 1 unspecified atom stereocenters. The fraction of sp³-hybridized carbons (Fsp3) is 0.677. The van der Waals surface area contributed by atoms with E-state index < -0.39 is 0 Å². The maximum atomic E-state index is 13.4. The van der Waals surface area contributed by atoms with Gasteiger partial charge in [-0.3, -0.25) is 4.79 Å². The third-order valence-electron chi connectivity index (χ3n) is 8.76. The first-order valence-corrected chi connectivity index (χ1v) is 15.1. The van der Waals surface area contributed by atoms with E-state index in [0.717, 1.165) is 36.3 Å². The van der Waals surface area contributed by atoms with E-state index in [1.54, 1.807) is 11.3 Å². The van der Waals surface area contributed by atoms with E-state index in [2.05, 4.69) is 51.2 Å². The van der Waals surface area contributed by atoms with Crippen molar-refractivity contribution >= 4 is 17.2 Å². The molecule has 1 aromatic carbocycles. The van der Waals surface area contributed by atoms with Crippen LogP contribution in [0.2, 0.25) is 0 Å². The number of carbonyl (C=O) groups is 1. The number of hydrogen-bond donors (Lipinski definition) is 1. The highest BCUT2D eigenvalue weighted by atomic mass is 32.1. The van der Waals surface area contributed by atoms with E-state index in [1.165, 1.54) is 48.8 Å². The summed E-state index contributed by atoms with van der Waals surface area (Å²) >= 11 is 1.54. The number of hydrogen-bond acceptors (Lipinski definition) is 5. The Morgan fingerprint density at radius 2 is 1.81 bits per heavy atom. The second kappa shape index (κ2) is 10.8. The predicted molar refractivity (Wildman–Crippen MR) is 150 cm³/mol. The minimum atomic E-state index is -0.0885. The molecule has 5 rings (SSSR count). The maximum absolute atomic E-state index is 13.4. The van der Waals surface area contributed by atoms with Gasteiger partial charge in [-0.25, -0.2) is 4.98 Å². The Bertz CT molecular complexity index is 1080. The first kappa shape index (κ1) is 26.8. The van der Waals surface area contributed by atoms with E-state index in [4.69, 9.17) is 14.5 Å². The summed E-state index contributed by atoms with van der Waals surface area (Å²) in [6.07, 6.45) is 10.2. The van der Waals surface area contributed by atoms with Crippen molar-refractivity contribution in [3.05, 3.63) is 40.0 Å². The first-order chi connectivity index (χ1) is 17.7. The number of thiazole rings is 1. The highest BCUT2D eigenvalue weighted by Crippen LogP contribution is 2.50. The topological polar surface area (TPSA) is 60.5 Å². The lowest BCUT2D eigenvalue weighted by Gasteiger charge is -2.29. The predicted octanol–water partition coefficient (Wildman–Crippen LogP) is 7.34. The van der Waals surface area contributed by atoms with Crippen LogP contribution in [0.3, 0.4) is 0 Å². The summed E-state index contributed by atoms with van der Waals surface area (Å²) in [4.78, 5) is 19.6. The van der Waals surface area contributed by atoms with Gasteiger partial charge in [-0.2, -0.15) is 0 Å². The van der Waals surface area contributed by atoms with E-state index in [-0.39, 0.29) is 28.9 Å². The normalized spacial score (nSPS) is 21.5. The molecule has 1 aromatic heterocycles. The fourth-order valence-corrected chi connectivity index (χ4v) is 6.89. The quantitative estimate of drug-likeness (QED) is 0.412. The zero-order valence-electron chi connectivity index (χ0n) is 23.3. The van der Waals surface area contributed by atoms with Gasteiger partial charge in [-0.15, -0.1) is 11.3 Å². The Labute approximate surface area is 226 Å². The summed E-state index contributed by atoms with van der Waals surface area (Å²) in [5.74, 6) is 0.376. The summed E-state index contributed by atoms with van der Waals surface area (Å²) in [6, 6.07) is 7.26. The number of amides is 1. The summed E-state index contributed by atoms with van der Waals surface area (Å²) in [5.41, 5.74) is 5.18. The molecule has 2 aliphatic carbocycles. The Morgan fingerprint density at radius 3 is 2.43 bits per heavy atom. The van der Waals surface area contributed by atoms with Gasteiger partial charge in [0.05, 0.1) is 10.6 Å². The average Bonchev–Trinajstić information content (AvgIpc) is 3.50. The van der Waals surface area contributed by atoms with Crippen molar-refractivity contribution in [2.45, 2.75) is 108 Å². The van der Waals surface area contributed by atoms with Crippen LogP contribution in [0.5, 0.6) is 0 Å². The van der Waals surface area contributed by atoms with Crippen molar-refractivity contribution < 1.29 is 14.3 Å². The Balaban J connectivity index is 1.58. The molecular weight excluding hydrogens is 480 g/mol. The highest BCUT2D eigenvalue weighted by Gasteiger charge is 2.40. The molecule has 1 amide bonds. The number of ether oxygens (including phenoxy) is 2. The van der Waals surface area contributed by atoms with Gasteiger partial charge in [0.25, 0.3) is 5.91 Å². The molecule has 1 aliphatic heterocycles. The lowest BCUT2D eigenvalue weighted by atomic mass is 9.81. The molecule has 2 aromatic rings. The number of carbonyl (C=O) groups excluding carboxylic acids is 1. The van der Waals surface area contributed by atoms with Gasteiger partial charge in [-0.05, 0) is 84.1 Å². The minimum Gasteiger partial charge on any atom is -0.381 e. The average molecular weight is 525 g/mol. The molecule has 1 N–H and O–H groups in total. The molecule has 0 spiro atoms. The van der Waals surface area contributed by atoms with Gasteiger partial charge in [0.1, 0.15) is 6.10 Å². The molecule has 202 valence electrons. The summed E-state index contributed by atoms with van der Waals surface area (Å²) < 4.78 is 11.7. The molecule has 1 atom stereocenters. The van der Waals surface area contributed by atoms with Crippen molar-refractivity contribution in [2.24, 2.45) is 5.92 Å². The monoisotopic (exact) mass is 524 g/mol. The van der Waals surface area contributed by atoms with Crippen molar-refractivity contribution in [3.8, 4) is 10.4 Å². The van der Waals surface area contributed by atoms with Gasteiger partial charge in [0.15, 0.2) is 5.01 Å². The van der Waals surface area contributed by atoms with Crippen molar-refractivity contribution in [1.29, 1.82) is 0 Å². The number of methoxy groups -OCH3 is 1. The van der Waals surface area contributed by atoms with E-state index in [9.17, 15) is 4.79 Å². The minimum absolute atomic E-state index is 0.0359. The molecule has 0 bridgehead atoms. The van der Waals surface area contributed by atoms with Crippen LogP contribution in [-0.4, -0.2) is 37.3 Å². The molecule has 0 radical (unpaired) electrons. The van der Waals surface area contributed by atoms with Crippen LogP contribution < -0.4 is 5.32 Å². The lowest BCUT2D eigenvalue weighted by Crippen LogP contribution is -2.38. The molecule has 6 heteroatoms. The molecule has 37 heavy (non-hydrogen) atoms. The zero-order valence-corrected chi connectivity index (χ0v) is 24.1. The number of aromatic nitrogens is 1. The van der Waals surface area contributed by atoms with Crippen molar-refractivity contribution in [2.75, 3.05) is 20.3 Å². The smallest absolute Gasteiger partial charge is 0.280 e. The van der Waals surface area contributed by atoms with Crippen LogP contribution in [0.4, 0.5) is 0 Å². The van der Waals surface area contributed by atoms with Gasteiger partial charge in [0.2, 0.25) is 0 Å². The molecular formula is C31H44N2O3S. The van der Waals surface area contributed by atoms with Gasteiger partial charge >= 0.3 is 0 Å². The summed E-state index contributed by atoms with van der Waals surface area (Å²) in [5, 5.41) is 3.78. The lowest BCUT2D eigenvalue weighted by molar-refractivity contribution is 0.0330. The summed E-state index contributed by atoms with van der Waals surface area (Å²) in [6.45, 7) is 10.6. The van der Waals surface area contributed by atoms with E-state index in [0.29, 0.717) is 24.1 Å². The second-order valence-corrected chi connectivity index (χ2v) is 13.8. The third kappa shape index (κ3) is 5.97. The maximum Gasteiger partial charge on any atom is 0.280 e. The van der Waals surface area contributed by atoms with Crippen LogP contribution in [0, 0.1) is 5.92 Å². The van der Waals surface area contributed by atoms with Crippen LogP contribution in [0.25, 0.3) is 10.4 Å². The molecule has 3 fully saturated rings. The van der Waals surface area contributed by atoms with Crippen LogP contribution >= 0.6 is 11.3 Å². The molecule has 5 nitrogen and oxygen atoms in total. The second-order valence-electron chi connectivity index (χ2n) is 12.8. The first-order valence-electron chi connectivity index (χ1n) is 14.3. The van der Waals surface area contributed by atoms with Crippen LogP contribution in [0.15, 0.2) is 18.2 Å². The van der Waals surface area contributed by atoms with E-state index >= 15 is 0 Å². The van der Waals surface area contributed by atoms with Crippen LogP contribution in [-0.2, 0) is 20.3 Å². The largest absolute Gasteiger partial charge is 0.381 e. The van der Waals surface area contributed by atoms with E-state index in [1.807, 2.05) is 7.11 Å². The number of nitrogens with zero attached hydrogens (tertiary/aromatic N) is 1. The number of nitrogens with one attached hydrogen (secondary N) is 1.